The van der Waals surface area contributed by atoms with E-state index in [9.17, 15) is 11.0 Å². The molecule has 10 aromatic rings. The van der Waals surface area contributed by atoms with Gasteiger partial charge < -0.3 is 4.90 Å². The van der Waals surface area contributed by atoms with E-state index in [1.54, 1.807) is 24.3 Å². The molecule has 0 atom stereocenters. The Kier molecular flexibility index (Phi) is 7.54. The van der Waals surface area contributed by atoms with Crippen LogP contribution in [0.2, 0.25) is 0 Å². The van der Waals surface area contributed by atoms with Gasteiger partial charge in [0.15, 0.2) is 0 Å². The first-order valence-corrected chi connectivity index (χ1v) is 19.6. The molecule has 0 aliphatic carbocycles. The van der Waals surface area contributed by atoms with Gasteiger partial charge in [0.1, 0.15) is 0 Å². The van der Waals surface area contributed by atoms with E-state index in [-0.39, 0.29) is 46.7 Å². The molecule has 0 unspecified atom stereocenters. The summed E-state index contributed by atoms with van der Waals surface area (Å²) in [5.74, 6) is 0. The second kappa shape index (κ2) is 16.0. The molecule has 0 saturated carbocycles. The van der Waals surface area contributed by atoms with Gasteiger partial charge in [-0.3, -0.25) is 0 Å². The average Bonchev–Trinajstić information content (AvgIpc) is 3.38. The molecule has 0 amide bonds. The molecular formula is C58H41N. The van der Waals surface area contributed by atoms with Gasteiger partial charge >= 0.3 is 0 Å². The maximum absolute atomic E-state index is 9.77. The highest BCUT2D eigenvalue weighted by Crippen LogP contribution is 2.42. The normalized spacial score (nSPS) is 12.9. The molecule has 59 heavy (non-hydrogen) atoms. The molecule has 0 radical (unpaired) electrons. The highest BCUT2D eigenvalue weighted by Gasteiger charge is 2.16. The number of rotatable bonds is 9. The maximum Gasteiger partial charge on any atom is 0.0645 e. The Morgan fingerprint density at radius 1 is 0.254 bits per heavy atom. The molecule has 0 spiro atoms. The van der Waals surface area contributed by atoms with Gasteiger partial charge in [-0.2, -0.15) is 0 Å². The van der Waals surface area contributed by atoms with Gasteiger partial charge in [0, 0.05) is 17.1 Å². The number of benzene rings is 10. The number of nitrogens with zero attached hydrogens (tertiary/aromatic N) is 1. The lowest BCUT2D eigenvalue weighted by Gasteiger charge is -2.26. The predicted molar refractivity (Wildman–Crippen MR) is 251 cm³/mol. The topological polar surface area (TPSA) is 3.24 Å². The summed E-state index contributed by atoms with van der Waals surface area (Å²) < 4.78 is 77.0. The Morgan fingerprint density at radius 2 is 0.627 bits per heavy atom. The summed E-state index contributed by atoms with van der Waals surface area (Å²) in [5, 5.41) is 1.63. The van der Waals surface area contributed by atoms with Crippen molar-refractivity contribution < 1.29 is 11.0 Å². The van der Waals surface area contributed by atoms with E-state index in [0.717, 1.165) is 55.3 Å². The first-order valence-electron chi connectivity index (χ1n) is 23.6. The van der Waals surface area contributed by atoms with Gasteiger partial charge in [0.2, 0.25) is 0 Å². The maximum atomic E-state index is 9.77. The lowest BCUT2D eigenvalue weighted by molar-refractivity contribution is 1.28. The van der Waals surface area contributed by atoms with Crippen LogP contribution in [-0.4, -0.2) is 0 Å². The Morgan fingerprint density at radius 3 is 1.12 bits per heavy atom. The molecule has 0 aromatic heterocycles. The standard InChI is InChI=1S/C58H41N/c1-4-12-42(13-5-1)44-20-24-46(25-21-44)48-28-35-53(36-29-48)59(54-37-30-49(31-38-54)47-26-22-45(23-27-47)43-14-6-2-7-15-43)55-39-32-52(33-40-55)58-56-19-11-10-18-51(56)34-41-57(58)50-16-8-3-9-17-50/h1-41H/i28D,29D,32D,33D,35D,36D,39D,40D. The third-order valence-corrected chi connectivity index (χ3v) is 10.7. The molecule has 0 fully saturated rings. The van der Waals surface area contributed by atoms with Crippen molar-refractivity contribution in [2.45, 2.75) is 0 Å². The molecule has 0 saturated heterocycles. The fourth-order valence-corrected chi connectivity index (χ4v) is 7.62. The zero-order chi connectivity index (χ0) is 46.3. The Hall–Kier alpha value is -7.74. The van der Waals surface area contributed by atoms with Crippen LogP contribution in [0.5, 0.6) is 0 Å². The third-order valence-electron chi connectivity index (χ3n) is 10.7. The summed E-state index contributed by atoms with van der Waals surface area (Å²) in [6, 6.07) is 61.1. The average molecular weight is 760 g/mol. The zero-order valence-electron chi connectivity index (χ0n) is 40.0. The van der Waals surface area contributed by atoms with Crippen LogP contribution >= 0.6 is 0 Å². The molecule has 1 nitrogen and oxygen atoms in total. The third kappa shape index (κ3) is 7.34. The predicted octanol–water partition coefficient (Wildman–Crippen LogP) is 16.3. The molecule has 0 bridgehead atoms. The molecule has 10 aromatic carbocycles. The lowest BCUT2D eigenvalue weighted by atomic mass is 9.89. The van der Waals surface area contributed by atoms with E-state index < -0.39 is 24.2 Å². The van der Waals surface area contributed by atoms with Crippen molar-refractivity contribution in [2.24, 2.45) is 0 Å². The quantitative estimate of drug-likeness (QED) is 0.142. The monoisotopic (exact) mass is 759 g/mol. The van der Waals surface area contributed by atoms with Crippen molar-refractivity contribution in [3.63, 3.8) is 0 Å². The molecular weight excluding hydrogens is 711 g/mol. The summed E-state index contributed by atoms with van der Waals surface area (Å²) >= 11 is 0. The van der Waals surface area contributed by atoms with Crippen molar-refractivity contribution in [1.82, 2.24) is 0 Å². The van der Waals surface area contributed by atoms with Crippen LogP contribution in [0.1, 0.15) is 11.0 Å². The lowest BCUT2D eigenvalue weighted by Crippen LogP contribution is -2.09. The van der Waals surface area contributed by atoms with E-state index in [0.29, 0.717) is 16.8 Å². The summed E-state index contributed by atoms with van der Waals surface area (Å²) in [4.78, 5) is 1.36. The molecule has 0 aliphatic rings. The van der Waals surface area contributed by atoms with Crippen LogP contribution in [0.4, 0.5) is 17.1 Å². The summed E-state index contributed by atoms with van der Waals surface area (Å²) in [6.07, 6.45) is 0. The van der Waals surface area contributed by atoms with Gasteiger partial charge in [-0.05, 0) is 114 Å². The first-order chi connectivity index (χ1) is 32.6. The SMILES string of the molecule is [2H]c1c([2H])c(N(c2ccc(-c3ccc(-c4ccccc4)cc3)cc2)c2c([2H])c([2H])c(-c3c(-c4ccccc4)ccc4ccccc34)c([2H])c2[2H])c([2H])c([2H])c1-c1ccc(-c2ccccc2)cc1. The van der Waals surface area contributed by atoms with Gasteiger partial charge in [-0.25, -0.2) is 0 Å². The largest absolute Gasteiger partial charge is 0.311 e. The summed E-state index contributed by atoms with van der Waals surface area (Å²) in [7, 11) is 0. The minimum absolute atomic E-state index is 0.104. The van der Waals surface area contributed by atoms with E-state index in [2.05, 4.69) is 24.3 Å². The highest BCUT2D eigenvalue weighted by molar-refractivity contribution is 6.04. The van der Waals surface area contributed by atoms with Gasteiger partial charge in [0.25, 0.3) is 0 Å². The van der Waals surface area contributed by atoms with E-state index in [4.69, 9.17) is 0 Å². The Bertz CT molecular complexity index is 3390. The smallest absolute Gasteiger partial charge is 0.0645 e. The van der Waals surface area contributed by atoms with E-state index >= 15 is 0 Å². The van der Waals surface area contributed by atoms with Crippen LogP contribution in [0.3, 0.4) is 0 Å². The minimum Gasteiger partial charge on any atom is -0.311 e. The van der Waals surface area contributed by atoms with Gasteiger partial charge in [0.05, 0.1) is 11.0 Å². The van der Waals surface area contributed by atoms with Crippen LogP contribution in [0.15, 0.2) is 249 Å². The van der Waals surface area contributed by atoms with Crippen molar-refractivity contribution in [3.8, 4) is 66.8 Å². The van der Waals surface area contributed by atoms with Crippen LogP contribution < -0.4 is 4.90 Å². The van der Waals surface area contributed by atoms with Crippen LogP contribution in [-0.2, 0) is 0 Å². The molecule has 0 N–H and O–H groups in total. The molecule has 0 heterocycles. The highest BCUT2D eigenvalue weighted by atomic mass is 15.1. The molecule has 278 valence electrons. The minimum atomic E-state index is -0.402. The Labute approximate surface area is 358 Å². The fourth-order valence-electron chi connectivity index (χ4n) is 7.62. The van der Waals surface area contributed by atoms with Crippen molar-refractivity contribution in [1.29, 1.82) is 0 Å². The van der Waals surface area contributed by atoms with Crippen molar-refractivity contribution in [2.75, 3.05) is 4.90 Å². The second-order valence-corrected chi connectivity index (χ2v) is 14.3. The van der Waals surface area contributed by atoms with E-state index in [1.165, 1.54) is 4.90 Å². The zero-order valence-corrected chi connectivity index (χ0v) is 32.0. The fraction of sp³-hybridized carbons (Fsp3) is 0. The van der Waals surface area contributed by atoms with Gasteiger partial charge in [-0.1, -0.05) is 212 Å². The number of hydrogen-bond donors (Lipinski definition) is 0. The van der Waals surface area contributed by atoms with Crippen LogP contribution in [0, 0.1) is 0 Å². The van der Waals surface area contributed by atoms with Crippen molar-refractivity contribution in [3.05, 3.63) is 249 Å². The second-order valence-electron chi connectivity index (χ2n) is 14.3. The summed E-state index contributed by atoms with van der Waals surface area (Å²) in [6.45, 7) is 0. The summed E-state index contributed by atoms with van der Waals surface area (Å²) in [5.41, 5.74) is 8.64. The molecule has 0 aliphatic heterocycles. The van der Waals surface area contributed by atoms with Crippen LogP contribution in [0.25, 0.3) is 77.5 Å². The first kappa shape index (κ1) is 27.8. The molecule has 10 rings (SSSR count). The molecule has 1 heteroatoms. The number of fused-ring (bicyclic) bond motifs is 1. The van der Waals surface area contributed by atoms with Crippen molar-refractivity contribution >= 4 is 27.8 Å². The number of hydrogen-bond acceptors (Lipinski definition) is 1. The van der Waals surface area contributed by atoms with E-state index in [1.807, 2.05) is 152 Å². The Balaban J connectivity index is 1.16. The van der Waals surface area contributed by atoms with Gasteiger partial charge in [-0.15, -0.1) is 0 Å². The number of anilines is 3.